The molecule has 0 aromatic heterocycles. The molecule has 0 aliphatic heterocycles. The van der Waals surface area contributed by atoms with Crippen molar-refractivity contribution >= 4 is 17.1 Å². The average Bonchev–Trinajstić information content (AvgIpc) is 1.78. The van der Waals surface area contributed by atoms with Gasteiger partial charge in [-0.3, -0.25) is 0 Å². The number of nitrogens with zero attached hydrogens (tertiary/aromatic N) is 1. The van der Waals surface area contributed by atoms with Crippen LogP contribution in [-0.4, -0.2) is 17.8 Å². The van der Waals surface area contributed by atoms with Crippen LogP contribution in [0, 0.1) is 10.6 Å². The highest BCUT2D eigenvalue weighted by molar-refractivity contribution is 7.87. The summed E-state index contributed by atoms with van der Waals surface area (Å²) >= 11 is 1.61. The van der Waals surface area contributed by atoms with E-state index >= 15 is 0 Å². The maximum atomic E-state index is 5.37. The van der Waals surface area contributed by atoms with Gasteiger partial charge in [0.05, 0.1) is 5.54 Å². The summed E-state index contributed by atoms with van der Waals surface area (Å²) in [6, 6.07) is 0. The van der Waals surface area contributed by atoms with Gasteiger partial charge in [0.15, 0.2) is 5.96 Å². The van der Waals surface area contributed by atoms with Crippen molar-refractivity contribution in [2.45, 2.75) is 39.7 Å². The minimum atomic E-state index is -0.231. The van der Waals surface area contributed by atoms with E-state index in [4.69, 9.17) is 11.5 Å². The third kappa shape index (κ3) is 5.84. The number of guanidine groups is 1. The second kappa shape index (κ2) is 4.67. The van der Waals surface area contributed by atoms with Crippen molar-refractivity contribution in [2.24, 2.45) is 21.9 Å². The first kappa shape index (κ1) is 13.3. The van der Waals surface area contributed by atoms with Gasteiger partial charge in [0.2, 0.25) is 0 Å². The van der Waals surface area contributed by atoms with Gasteiger partial charge in [0.1, 0.15) is 0 Å². The predicted molar refractivity (Wildman–Crippen MR) is 65.7 cm³/mol. The fraction of sp³-hybridized carbons (Fsp3) is 0.800. The number of hydrogen-bond acceptors (Lipinski definition) is 1. The Morgan fingerprint density at radius 2 is 1.79 bits per heavy atom. The minimum absolute atomic E-state index is 0.0157. The molecule has 0 aliphatic carbocycles. The second-order valence-electron chi connectivity index (χ2n) is 4.72. The van der Waals surface area contributed by atoms with E-state index in [0.717, 1.165) is 6.42 Å². The van der Waals surface area contributed by atoms with Crippen molar-refractivity contribution < 1.29 is 0 Å². The lowest BCUT2D eigenvalue weighted by Crippen LogP contribution is -2.32. The summed E-state index contributed by atoms with van der Waals surface area (Å²) < 4.78 is 0. The molecule has 0 aliphatic rings. The fourth-order valence-corrected chi connectivity index (χ4v) is 2.41. The molecule has 0 unspecified atom stereocenters. The van der Waals surface area contributed by atoms with Crippen molar-refractivity contribution in [2.75, 3.05) is 6.26 Å². The molecule has 0 aromatic rings. The van der Waals surface area contributed by atoms with Crippen LogP contribution in [0.25, 0.3) is 0 Å². The summed E-state index contributed by atoms with van der Waals surface area (Å²) in [6.07, 6.45) is 2.88. The van der Waals surface area contributed by atoms with Gasteiger partial charge < -0.3 is 11.5 Å². The summed E-state index contributed by atoms with van der Waals surface area (Å²) in [5.74, 6) is 0.148. The molecule has 4 heteroatoms. The first-order valence-electron chi connectivity index (χ1n) is 4.59. The number of aliphatic imine (C=N–C) groups is 1. The molecule has 0 heterocycles. The molecule has 0 fully saturated rings. The molecule has 0 saturated heterocycles. The molecular weight excluding hydrogens is 194 g/mol. The van der Waals surface area contributed by atoms with Crippen LogP contribution in [0.1, 0.15) is 34.1 Å². The summed E-state index contributed by atoms with van der Waals surface area (Å²) in [5, 5.41) is 3.32. The lowest BCUT2D eigenvalue weighted by atomic mass is 9.82. The van der Waals surface area contributed by atoms with E-state index in [9.17, 15) is 0 Å². The zero-order chi connectivity index (χ0) is 11.4. The molecule has 0 spiro atoms. The van der Waals surface area contributed by atoms with Gasteiger partial charge in [0.25, 0.3) is 0 Å². The Labute approximate surface area is 90.6 Å². The zero-order valence-corrected chi connectivity index (χ0v) is 10.5. The van der Waals surface area contributed by atoms with Gasteiger partial charge in [-0.15, -0.1) is 11.2 Å². The largest absolute Gasteiger partial charge is 0.370 e. The summed E-state index contributed by atoms with van der Waals surface area (Å²) in [7, 11) is 0. The van der Waals surface area contributed by atoms with Gasteiger partial charge >= 0.3 is 0 Å². The number of nitrogens with two attached hydrogens (primary N) is 2. The molecule has 82 valence electrons. The number of hydrogen-bond donors (Lipinski definition) is 2. The predicted octanol–water partition coefficient (Wildman–Crippen LogP) is 1.78. The van der Waals surface area contributed by atoms with Crippen LogP contribution in [0.15, 0.2) is 4.99 Å². The Bertz CT molecular complexity index is 277. The summed E-state index contributed by atoms with van der Waals surface area (Å²) in [5.41, 5.74) is 10.5. The molecular formula is C10H21N3S. The van der Waals surface area contributed by atoms with Crippen LogP contribution >= 0.6 is 11.2 Å². The lowest BCUT2D eigenvalue weighted by molar-refractivity contribution is 0.338. The molecule has 0 aromatic carbocycles. The van der Waals surface area contributed by atoms with Crippen LogP contribution in [0.2, 0.25) is 0 Å². The highest BCUT2D eigenvalue weighted by atomic mass is 32.1. The molecule has 0 bridgehead atoms. The normalized spacial score (nSPS) is 11.8. The Morgan fingerprint density at radius 1 is 1.29 bits per heavy atom. The molecule has 0 rings (SSSR count). The van der Waals surface area contributed by atoms with E-state index in [-0.39, 0.29) is 16.9 Å². The molecule has 3 nitrogen and oxygen atoms in total. The van der Waals surface area contributed by atoms with E-state index in [1.807, 2.05) is 20.1 Å². The number of rotatable bonds is 3. The summed E-state index contributed by atoms with van der Waals surface area (Å²) in [6.45, 7) is 8.31. The quantitative estimate of drug-likeness (QED) is 0.557. The molecule has 0 radical (unpaired) electrons. The molecule has 14 heavy (non-hydrogen) atoms. The maximum Gasteiger partial charge on any atom is 0.186 e. The average molecular weight is 215 g/mol. The molecule has 0 saturated carbocycles. The van der Waals surface area contributed by atoms with Gasteiger partial charge in [-0.1, -0.05) is 5.18 Å². The zero-order valence-electron chi connectivity index (χ0n) is 9.72. The van der Waals surface area contributed by atoms with Crippen LogP contribution in [-0.2, 0) is 0 Å². The van der Waals surface area contributed by atoms with Crippen molar-refractivity contribution in [3.63, 3.8) is 0 Å². The second-order valence-corrected chi connectivity index (χ2v) is 5.33. The highest BCUT2D eigenvalue weighted by Gasteiger charge is 2.27. The van der Waals surface area contributed by atoms with Crippen LogP contribution in [0.3, 0.4) is 0 Å². The van der Waals surface area contributed by atoms with Crippen molar-refractivity contribution in [1.29, 1.82) is 0 Å². The van der Waals surface area contributed by atoms with E-state index in [1.165, 1.54) is 0 Å². The Kier molecular flexibility index (Phi) is 4.43. The Balaban J connectivity index is 4.63. The standard InChI is InChI=1S/C10H21N3S/c1-9(2,7-14-5)6-10(3,4)13-8(11)12/h6H2,1-5H3,(H4,11,12,13). The maximum absolute atomic E-state index is 5.37. The van der Waals surface area contributed by atoms with Crippen LogP contribution in [0.5, 0.6) is 0 Å². The van der Waals surface area contributed by atoms with E-state index in [2.05, 4.69) is 24.0 Å². The minimum Gasteiger partial charge on any atom is -0.370 e. The summed E-state index contributed by atoms with van der Waals surface area (Å²) in [4.78, 5) is 4.20. The third-order valence-electron chi connectivity index (χ3n) is 1.68. The van der Waals surface area contributed by atoms with Gasteiger partial charge in [-0.2, -0.15) is 0 Å². The SMILES string of the molecule is CS#CC(C)(C)CC(C)(C)N=C(N)N. The van der Waals surface area contributed by atoms with Crippen molar-refractivity contribution in [1.82, 2.24) is 0 Å². The first-order chi connectivity index (χ1) is 6.18. The lowest BCUT2D eigenvalue weighted by Gasteiger charge is -2.28. The first-order valence-corrected chi connectivity index (χ1v) is 5.82. The van der Waals surface area contributed by atoms with Crippen molar-refractivity contribution in [3.05, 3.63) is 0 Å². The van der Waals surface area contributed by atoms with Crippen LogP contribution in [0.4, 0.5) is 0 Å². The third-order valence-corrected chi connectivity index (χ3v) is 2.44. The fourth-order valence-electron chi connectivity index (χ4n) is 1.78. The molecule has 0 atom stereocenters. The van der Waals surface area contributed by atoms with Gasteiger partial charge in [-0.05, 0) is 34.1 Å². The molecule has 4 N–H and O–H groups in total. The van der Waals surface area contributed by atoms with Gasteiger partial charge in [0, 0.05) is 11.7 Å². The van der Waals surface area contributed by atoms with E-state index < -0.39 is 0 Å². The monoisotopic (exact) mass is 215 g/mol. The Morgan fingerprint density at radius 3 is 2.14 bits per heavy atom. The van der Waals surface area contributed by atoms with Crippen molar-refractivity contribution in [3.8, 4) is 5.18 Å². The Hall–Kier alpha value is -0.730. The van der Waals surface area contributed by atoms with E-state index in [0.29, 0.717) is 0 Å². The topological polar surface area (TPSA) is 64.4 Å². The van der Waals surface area contributed by atoms with E-state index in [1.54, 1.807) is 11.2 Å². The van der Waals surface area contributed by atoms with Crippen LogP contribution < -0.4 is 11.5 Å². The smallest absolute Gasteiger partial charge is 0.186 e. The van der Waals surface area contributed by atoms with Gasteiger partial charge in [-0.25, -0.2) is 4.99 Å². The highest BCUT2D eigenvalue weighted by Crippen LogP contribution is 2.29. The molecule has 0 amide bonds.